The van der Waals surface area contributed by atoms with Crippen molar-refractivity contribution in [1.82, 2.24) is 10.6 Å². The lowest BCUT2D eigenvalue weighted by Crippen LogP contribution is -2.41. The molecule has 6 heteroatoms. The Hall–Kier alpha value is -1.56. The van der Waals surface area contributed by atoms with E-state index >= 15 is 0 Å². The van der Waals surface area contributed by atoms with E-state index in [-0.39, 0.29) is 11.5 Å². The number of nitrogens with one attached hydrogen (secondary N) is 2. The summed E-state index contributed by atoms with van der Waals surface area (Å²) in [5, 5.41) is 6.27. The Bertz CT molecular complexity index is 580. The fraction of sp³-hybridized carbons (Fsp3) is 0.562. The van der Waals surface area contributed by atoms with Crippen LogP contribution in [-0.4, -0.2) is 46.0 Å². The largest absolute Gasteiger partial charge is 0.356 e. The van der Waals surface area contributed by atoms with E-state index in [9.17, 15) is 8.42 Å². The van der Waals surface area contributed by atoms with Crippen molar-refractivity contribution in [3.8, 4) is 0 Å². The average molecular weight is 325 g/mol. The highest BCUT2D eigenvalue weighted by Gasteiger charge is 2.09. The number of hydrogen-bond donors (Lipinski definition) is 2. The predicted molar refractivity (Wildman–Crippen MR) is 93.3 cm³/mol. The summed E-state index contributed by atoms with van der Waals surface area (Å²) in [6.45, 7) is 6.99. The number of aliphatic imine (C=N–C) groups is 1. The summed E-state index contributed by atoms with van der Waals surface area (Å²) >= 11 is 0. The molecule has 0 radical (unpaired) electrons. The molecule has 0 heterocycles. The Morgan fingerprint density at radius 2 is 1.86 bits per heavy atom. The molecular weight excluding hydrogens is 298 g/mol. The number of sulfone groups is 1. The number of aryl methyl sites for hydroxylation is 1. The summed E-state index contributed by atoms with van der Waals surface area (Å²) in [5.74, 6) is 1.27. The Morgan fingerprint density at radius 1 is 1.23 bits per heavy atom. The van der Waals surface area contributed by atoms with Crippen LogP contribution in [0.5, 0.6) is 0 Å². The summed E-state index contributed by atoms with van der Waals surface area (Å²) < 4.78 is 22.9. The number of rotatable bonds is 7. The summed E-state index contributed by atoms with van der Waals surface area (Å²) in [5.41, 5.74) is 2.51. The third kappa shape index (κ3) is 6.47. The van der Waals surface area contributed by atoms with Crippen molar-refractivity contribution >= 4 is 15.8 Å². The number of benzene rings is 1. The lowest BCUT2D eigenvalue weighted by molar-refractivity contribution is 0.595. The van der Waals surface area contributed by atoms with Crippen LogP contribution in [-0.2, 0) is 9.84 Å². The van der Waals surface area contributed by atoms with Crippen molar-refractivity contribution in [2.24, 2.45) is 4.99 Å². The fourth-order valence-corrected chi connectivity index (χ4v) is 2.65. The van der Waals surface area contributed by atoms with Gasteiger partial charge in [-0.3, -0.25) is 4.99 Å². The van der Waals surface area contributed by atoms with E-state index in [2.05, 4.69) is 53.7 Å². The molecule has 22 heavy (non-hydrogen) atoms. The van der Waals surface area contributed by atoms with Gasteiger partial charge in [0.15, 0.2) is 15.8 Å². The van der Waals surface area contributed by atoms with Crippen LogP contribution >= 0.6 is 0 Å². The highest BCUT2D eigenvalue weighted by molar-refractivity contribution is 7.91. The zero-order valence-corrected chi connectivity index (χ0v) is 14.7. The van der Waals surface area contributed by atoms with Gasteiger partial charge in [-0.25, -0.2) is 8.42 Å². The summed E-state index contributed by atoms with van der Waals surface area (Å²) in [6, 6.07) is 8.47. The summed E-state index contributed by atoms with van der Waals surface area (Å²) in [4.78, 5) is 4.11. The molecule has 1 atom stereocenters. The first-order valence-corrected chi connectivity index (χ1v) is 9.41. The highest BCUT2D eigenvalue weighted by atomic mass is 32.2. The van der Waals surface area contributed by atoms with Crippen molar-refractivity contribution in [3.05, 3.63) is 35.4 Å². The van der Waals surface area contributed by atoms with Gasteiger partial charge < -0.3 is 10.6 Å². The number of guanidine groups is 1. The minimum Gasteiger partial charge on any atom is -0.356 e. The van der Waals surface area contributed by atoms with E-state index in [0.717, 1.165) is 6.54 Å². The van der Waals surface area contributed by atoms with Gasteiger partial charge in [-0.05, 0) is 18.4 Å². The van der Waals surface area contributed by atoms with E-state index in [1.54, 1.807) is 14.0 Å². The molecule has 0 fully saturated rings. The maximum Gasteiger partial charge on any atom is 0.191 e. The van der Waals surface area contributed by atoms with Crippen LogP contribution < -0.4 is 10.6 Å². The lowest BCUT2D eigenvalue weighted by Gasteiger charge is -2.16. The van der Waals surface area contributed by atoms with E-state index < -0.39 is 9.84 Å². The first kappa shape index (κ1) is 18.5. The van der Waals surface area contributed by atoms with Crippen LogP contribution in [0.1, 0.15) is 30.9 Å². The molecule has 2 N–H and O–H groups in total. The lowest BCUT2D eigenvalue weighted by atomic mass is 10.0. The Balaban J connectivity index is 2.42. The second-order valence-corrected chi connectivity index (χ2v) is 7.90. The van der Waals surface area contributed by atoms with Gasteiger partial charge in [-0.15, -0.1) is 0 Å². The first-order chi connectivity index (χ1) is 10.4. The average Bonchev–Trinajstić information content (AvgIpc) is 2.51. The van der Waals surface area contributed by atoms with Gasteiger partial charge in [-0.2, -0.15) is 0 Å². The molecule has 0 aromatic heterocycles. The molecule has 0 aliphatic carbocycles. The monoisotopic (exact) mass is 325 g/mol. The minimum atomic E-state index is -2.95. The molecule has 1 aromatic rings. The molecule has 1 rings (SSSR count). The van der Waals surface area contributed by atoms with Crippen molar-refractivity contribution in [2.75, 3.05) is 31.6 Å². The number of hydrogen-bond acceptors (Lipinski definition) is 3. The van der Waals surface area contributed by atoms with Crippen LogP contribution in [0.2, 0.25) is 0 Å². The van der Waals surface area contributed by atoms with Gasteiger partial charge >= 0.3 is 0 Å². The Labute approximate surface area is 134 Å². The molecule has 1 unspecified atom stereocenters. The van der Waals surface area contributed by atoms with Crippen LogP contribution in [0.25, 0.3) is 0 Å². The third-order valence-corrected chi connectivity index (χ3v) is 5.30. The molecule has 124 valence electrons. The Morgan fingerprint density at radius 3 is 2.41 bits per heavy atom. The highest BCUT2D eigenvalue weighted by Crippen LogP contribution is 2.14. The molecule has 0 saturated heterocycles. The molecule has 0 amide bonds. The van der Waals surface area contributed by atoms with E-state index in [4.69, 9.17) is 0 Å². The van der Waals surface area contributed by atoms with Crippen LogP contribution in [0.15, 0.2) is 29.3 Å². The van der Waals surface area contributed by atoms with Gasteiger partial charge in [-0.1, -0.05) is 43.7 Å². The van der Waals surface area contributed by atoms with E-state index in [1.165, 1.54) is 11.1 Å². The second kappa shape index (κ2) is 8.78. The molecule has 5 nitrogen and oxygen atoms in total. The van der Waals surface area contributed by atoms with Crippen molar-refractivity contribution in [1.29, 1.82) is 0 Å². The standard InChI is InChI=1S/C16H27N3O2S/c1-5-22(20,21)11-10-18-16(17-4)19-12-14(3)15-8-6-13(2)7-9-15/h6-9,14H,5,10-12H2,1-4H3,(H2,17,18,19). The normalized spacial score (nSPS) is 13.7. The van der Waals surface area contributed by atoms with Crippen LogP contribution in [0.4, 0.5) is 0 Å². The van der Waals surface area contributed by atoms with Crippen molar-refractivity contribution < 1.29 is 8.42 Å². The van der Waals surface area contributed by atoms with Crippen molar-refractivity contribution in [2.45, 2.75) is 26.7 Å². The molecule has 0 saturated carbocycles. The van der Waals surface area contributed by atoms with Crippen LogP contribution in [0.3, 0.4) is 0 Å². The predicted octanol–water partition coefficient (Wildman–Crippen LogP) is 1.70. The summed E-state index contributed by atoms with van der Waals surface area (Å²) in [7, 11) is -1.27. The molecule has 1 aromatic carbocycles. The first-order valence-electron chi connectivity index (χ1n) is 7.59. The zero-order chi connectivity index (χ0) is 16.6. The second-order valence-electron chi connectivity index (χ2n) is 5.43. The van der Waals surface area contributed by atoms with Gasteiger partial charge in [0, 0.05) is 25.9 Å². The van der Waals surface area contributed by atoms with Crippen molar-refractivity contribution in [3.63, 3.8) is 0 Å². The Kier molecular flexibility index (Phi) is 7.38. The maximum absolute atomic E-state index is 11.4. The maximum atomic E-state index is 11.4. The molecule has 0 aliphatic rings. The van der Waals surface area contributed by atoms with E-state index in [0.29, 0.717) is 18.4 Å². The topological polar surface area (TPSA) is 70.6 Å². The van der Waals surface area contributed by atoms with Gasteiger partial charge in [0.2, 0.25) is 0 Å². The van der Waals surface area contributed by atoms with Gasteiger partial charge in [0.1, 0.15) is 0 Å². The molecule has 0 aliphatic heterocycles. The quantitative estimate of drug-likeness (QED) is 0.591. The summed E-state index contributed by atoms with van der Waals surface area (Å²) in [6.07, 6.45) is 0. The zero-order valence-electron chi connectivity index (χ0n) is 13.9. The fourth-order valence-electron chi connectivity index (χ4n) is 1.95. The molecular formula is C16H27N3O2S. The molecule has 0 spiro atoms. The SMILES string of the molecule is CCS(=O)(=O)CCNC(=NC)NCC(C)c1ccc(C)cc1. The number of nitrogens with zero attached hydrogens (tertiary/aromatic N) is 1. The third-order valence-electron chi connectivity index (χ3n) is 3.59. The van der Waals surface area contributed by atoms with Crippen LogP contribution in [0, 0.1) is 6.92 Å². The minimum absolute atomic E-state index is 0.123. The molecule has 0 bridgehead atoms. The van der Waals surface area contributed by atoms with Gasteiger partial charge in [0.05, 0.1) is 5.75 Å². The van der Waals surface area contributed by atoms with E-state index in [1.807, 2.05) is 0 Å². The van der Waals surface area contributed by atoms with Gasteiger partial charge in [0.25, 0.3) is 0 Å². The smallest absolute Gasteiger partial charge is 0.191 e.